The number of aryl methyl sites for hydroxylation is 1. The van der Waals surface area contributed by atoms with Crippen molar-refractivity contribution in [2.45, 2.75) is 13.5 Å². The van der Waals surface area contributed by atoms with Crippen LogP contribution in [-0.4, -0.2) is 41.4 Å². The Labute approximate surface area is 96.3 Å². The van der Waals surface area contributed by atoms with Crippen LogP contribution in [0.15, 0.2) is 18.2 Å². The third-order valence-electron chi connectivity index (χ3n) is 2.58. The van der Waals surface area contributed by atoms with E-state index in [2.05, 4.69) is 0 Å². The van der Waals surface area contributed by atoms with Gasteiger partial charge in [0, 0.05) is 25.3 Å². The Balaban J connectivity index is 2.65. The number of rotatable bonds is 6. The van der Waals surface area contributed by atoms with Gasteiger partial charge < -0.3 is 15.9 Å². The van der Waals surface area contributed by atoms with Gasteiger partial charge in [-0.15, -0.1) is 0 Å². The fraction of sp³-hybridized carbons (Fsp3) is 0.500. The third-order valence-corrected chi connectivity index (χ3v) is 2.58. The molecule has 90 valence electrons. The molecule has 0 saturated heterocycles. The number of anilines is 1. The number of nitrogens with zero attached hydrogens (tertiary/aromatic N) is 1. The number of aliphatic hydroxyl groups is 2. The van der Waals surface area contributed by atoms with Gasteiger partial charge in [0.05, 0.1) is 13.2 Å². The molecule has 0 unspecified atom stereocenters. The summed E-state index contributed by atoms with van der Waals surface area (Å²) in [4.78, 5) is 1.99. The zero-order chi connectivity index (χ0) is 12.0. The molecule has 0 radical (unpaired) electrons. The van der Waals surface area contributed by atoms with Crippen molar-refractivity contribution in [3.05, 3.63) is 29.3 Å². The highest BCUT2D eigenvalue weighted by atomic mass is 16.3. The number of nitrogen functional groups attached to an aromatic ring is 1. The van der Waals surface area contributed by atoms with Crippen LogP contribution in [0, 0.1) is 6.92 Å². The van der Waals surface area contributed by atoms with Crippen LogP contribution in [0.4, 0.5) is 5.69 Å². The molecule has 0 bridgehead atoms. The van der Waals surface area contributed by atoms with Crippen molar-refractivity contribution in [1.82, 2.24) is 4.90 Å². The summed E-state index contributed by atoms with van der Waals surface area (Å²) in [6.45, 7) is 4.00. The fourth-order valence-corrected chi connectivity index (χ4v) is 1.60. The van der Waals surface area contributed by atoms with E-state index in [1.165, 1.54) is 0 Å². The second-order valence-corrected chi connectivity index (χ2v) is 3.91. The molecular formula is C12H20N2O2. The van der Waals surface area contributed by atoms with E-state index < -0.39 is 0 Å². The predicted octanol–water partition coefficient (Wildman–Crippen LogP) is 0.364. The summed E-state index contributed by atoms with van der Waals surface area (Å²) in [5.41, 5.74) is 8.78. The molecular weight excluding hydrogens is 204 g/mol. The smallest absolute Gasteiger partial charge is 0.0558 e. The van der Waals surface area contributed by atoms with Gasteiger partial charge >= 0.3 is 0 Å². The summed E-state index contributed by atoms with van der Waals surface area (Å²) in [5.74, 6) is 0. The molecule has 0 saturated carbocycles. The molecule has 0 fully saturated rings. The fourth-order valence-electron chi connectivity index (χ4n) is 1.60. The Hall–Kier alpha value is -1.10. The highest BCUT2D eigenvalue weighted by Crippen LogP contribution is 2.14. The maximum absolute atomic E-state index is 8.89. The zero-order valence-corrected chi connectivity index (χ0v) is 9.69. The van der Waals surface area contributed by atoms with E-state index in [0.29, 0.717) is 19.6 Å². The van der Waals surface area contributed by atoms with Crippen LogP contribution < -0.4 is 5.73 Å². The molecule has 4 nitrogen and oxygen atoms in total. The number of nitrogens with two attached hydrogens (primary N) is 1. The summed E-state index contributed by atoms with van der Waals surface area (Å²) in [6, 6.07) is 5.95. The lowest BCUT2D eigenvalue weighted by Crippen LogP contribution is -2.29. The van der Waals surface area contributed by atoms with Gasteiger partial charge in [-0.25, -0.2) is 0 Å². The van der Waals surface area contributed by atoms with E-state index in [4.69, 9.17) is 15.9 Å². The number of hydrogen-bond acceptors (Lipinski definition) is 4. The van der Waals surface area contributed by atoms with E-state index in [1.807, 2.05) is 30.0 Å². The lowest BCUT2D eigenvalue weighted by molar-refractivity contribution is 0.156. The lowest BCUT2D eigenvalue weighted by atomic mass is 10.1. The molecule has 0 aliphatic rings. The van der Waals surface area contributed by atoms with Gasteiger partial charge in [-0.1, -0.05) is 12.1 Å². The van der Waals surface area contributed by atoms with Crippen LogP contribution >= 0.6 is 0 Å². The van der Waals surface area contributed by atoms with E-state index >= 15 is 0 Å². The van der Waals surface area contributed by atoms with Crippen LogP contribution in [0.5, 0.6) is 0 Å². The molecule has 16 heavy (non-hydrogen) atoms. The Morgan fingerprint density at radius 2 is 1.81 bits per heavy atom. The molecule has 0 atom stereocenters. The van der Waals surface area contributed by atoms with Gasteiger partial charge in [-0.2, -0.15) is 0 Å². The van der Waals surface area contributed by atoms with Gasteiger partial charge in [-0.05, 0) is 24.1 Å². The second-order valence-electron chi connectivity index (χ2n) is 3.91. The highest BCUT2D eigenvalue weighted by molar-refractivity contribution is 5.48. The third kappa shape index (κ3) is 3.81. The quantitative estimate of drug-likeness (QED) is 0.610. The number of benzene rings is 1. The number of aliphatic hydroxyl groups excluding tert-OH is 2. The Morgan fingerprint density at radius 1 is 1.19 bits per heavy atom. The molecule has 0 aliphatic carbocycles. The van der Waals surface area contributed by atoms with Crippen LogP contribution in [0.25, 0.3) is 0 Å². The summed E-state index contributed by atoms with van der Waals surface area (Å²) in [7, 11) is 0. The molecule has 1 aromatic rings. The number of hydrogen-bond donors (Lipinski definition) is 3. The van der Waals surface area contributed by atoms with Crippen LogP contribution in [-0.2, 0) is 6.54 Å². The minimum atomic E-state index is 0.0986. The summed E-state index contributed by atoms with van der Waals surface area (Å²) in [5, 5.41) is 17.8. The van der Waals surface area contributed by atoms with Crippen molar-refractivity contribution >= 4 is 5.69 Å². The van der Waals surface area contributed by atoms with Crippen molar-refractivity contribution in [2.24, 2.45) is 0 Å². The molecule has 4 heteroatoms. The molecule has 0 heterocycles. The monoisotopic (exact) mass is 224 g/mol. The van der Waals surface area contributed by atoms with Crippen molar-refractivity contribution < 1.29 is 10.2 Å². The maximum atomic E-state index is 8.89. The highest BCUT2D eigenvalue weighted by Gasteiger charge is 2.05. The molecule has 0 aliphatic heterocycles. The topological polar surface area (TPSA) is 69.7 Å². The Kier molecular flexibility index (Phi) is 5.25. The average Bonchev–Trinajstić information content (AvgIpc) is 2.24. The minimum Gasteiger partial charge on any atom is -0.399 e. The molecule has 4 N–H and O–H groups in total. The zero-order valence-electron chi connectivity index (χ0n) is 9.69. The standard InChI is InChI=1S/C12H20N2O2/c1-10-2-3-11(8-12(10)13)9-14(4-6-15)5-7-16/h2-3,8,15-16H,4-7,9,13H2,1H3. The van der Waals surface area contributed by atoms with E-state index in [9.17, 15) is 0 Å². The first-order valence-corrected chi connectivity index (χ1v) is 5.46. The average molecular weight is 224 g/mol. The first-order valence-electron chi connectivity index (χ1n) is 5.46. The molecule has 1 aromatic carbocycles. The largest absolute Gasteiger partial charge is 0.399 e. The molecule has 0 amide bonds. The first kappa shape index (κ1) is 13.0. The van der Waals surface area contributed by atoms with Gasteiger partial charge in [0.15, 0.2) is 0 Å². The summed E-state index contributed by atoms with van der Waals surface area (Å²) < 4.78 is 0. The van der Waals surface area contributed by atoms with Crippen molar-refractivity contribution in [3.63, 3.8) is 0 Å². The van der Waals surface area contributed by atoms with Gasteiger partial charge in [0.25, 0.3) is 0 Å². The maximum Gasteiger partial charge on any atom is 0.0558 e. The van der Waals surface area contributed by atoms with Crippen LogP contribution in [0.2, 0.25) is 0 Å². The molecule has 0 spiro atoms. The SMILES string of the molecule is Cc1ccc(CN(CCO)CCO)cc1N. The lowest BCUT2D eigenvalue weighted by Gasteiger charge is -2.20. The van der Waals surface area contributed by atoms with Gasteiger partial charge in [0.1, 0.15) is 0 Å². The molecule has 1 rings (SSSR count). The van der Waals surface area contributed by atoms with Crippen molar-refractivity contribution in [3.8, 4) is 0 Å². The summed E-state index contributed by atoms with van der Waals surface area (Å²) >= 11 is 0. The summed E-state index contributed by atoms with van der Waals surface area (Å²) in [6.07, 6.45) is 0. The van der Waals surface area contributed by atoms with Crippen molar-refractivity contribution in [2.75, 3.05) is 32.0 Å². The van der Waals surface area contributed by atoms with E-state index in [-0.39, 0.29) is 13.2 Å². The first-order chi connectivity index (χ1) is 7.67. The van der Waals surface area contributed by atoms with E-state index in [1.54, 1.807) is 0 Å². The van der Waals surface area contributed by atoms with E-state index in [0.717, 1.165) is 16.8 Å². The Bertz CT molecular complexity index is 323. The van der Waals surface area contributed by atoms with Gasteiger partial charge in [0.2, 0.25) is 0 Å². The Morgan fingerprint density at radius 3 is 2.31 bits per heavy atom. The second kappa shape index (κ2) is 6.48. The molecule has 0 aromatic heterocycles. The predicted molar refractivity (Wildman–Crippen MR) is 65.0 cm³/mol. The van der Waals surface area contributed by atoms with Crippen LogP contribution in [0.1, 0.15) is 11.1 Å². The van der Waals surface area contributed by atoms with Gasteiger partial charge in [-0.3, -0.25) is 4.90 Å². The minimum absolute atomic E-state index is 0.0986. The normalized spacial score (nSPS) is 11.0. The van der Waals surface area contributed by atoms with Crippen LogP contribution in [0.3, 0.4) is 0 Å². The van der Waals surface area contributed by atoms with Crippen molar-refractivity contribution in [1.29, 1.82) is 0 Å².